The summed E-state index contributed by atoms with van der Waals surface area (Å²) >= 11 is 0. The largest absolute Gasteiger partial charge is 0.465 e. The molecule has 1 spiro atoms. The number of piperidine rings is 1. The molecule has 2 aliphatic heterocycles. The van der Waals surface area contributed by atoms with Crippen molar-refractivity contribution >= 4 is 23.4 Å². The van der Waals surface area contributed by atoms with Crippen LogP contribution in [-0.4, -0.2) is 65.9 Å². The van der Waals surface area contributed by atoms with Gasteiger partial charge in [0.25, 0.3) is 0 Å². The van der Waals surface area contributed by atoms with Gasteiger partial charge in [0, 0.05) is 38.4 Å². The molecule has 4 rings (SSSR count). The van der Waals surface area contributed by atoms with Crippen molar-refractivity contribution in [2.24, 2.45) is 5.41 Å². The molecule has 1 aromatic carbocycles. The number of hydrogen-bond acceptors (Lipinski definition) is 4. The third-order valence-corrected chi connectivity index (χ3v) is 7.18. The maximum absolute atomic E-state index is 14.9. The summed E-state index contributed by atoms with van der Waals surface area (Å²) in [6.07, 6.45) is 4.21. The third kappa shape index (κ3) is 3.73. The Morgan fingerprint density at radius 3 is 2.60 bits per heavy atom. The summed E-state index contributed by atoms with van der Waals surface area (Å²) in [6.45, 7) is 1.90. The van der Waals surface area contributed by atoms with Gasteiger partial charge in [-0.25, -0.2) is 9.18 Å². The molecule has 1 aromatic rings. The van der Waals surface area contributed by atoms with Crippen LogP contribution in [0.1, 0.15) is 44.9 Å². The molecule has 3 aliphatic rings. The first-order valence-electron chi connectivity index (χ1n) is 10.8. The van der Waals surface area contributed by atoms with Gasteiger partial charge in [-0.05, 0) is 63.1 Å². The fourth-order valence-electron chi connectivity index (χ4n) is 5.35. The van der Waals surface area contributed by atoms with Crippen LogP contribution in [0.4, 0.5) is 20.6 Å². The van der Waals surface area contributed by atoms with Gasteiger partial charge in [0.15, 0.2) is 0 Å². The Hall–Kier alpha value is -2.35. The van der Waals surface area contributed by atoms with Crippen molar-refractivity contribution in [3.05, 3.63) is 24.0 Å². The average Bonchev–Trinajstić information content (AvgIpc) is 3.03. The quantitative estimate of drug-likeness (QED) is 0.787. The van der Waals surface area contributed by atoms with Crippen LogP contribution in [0.5, 0.6) is 0 Å². The summed E-state index contributed by atoms with van der Waals surface area (Å²) in [5.74, 6) is -0.294. The monoisotopic (exact) mass is 419 g/mol. The third-order valence-electron chi connectivity index (χ3n) is 7.18. The van der Waals surface area contributed by atoms with E-state index in [-0.39, 0.29) is 23.7 Å². The summed E-state index contributed by atoms with van der Waals surface area (Å²) in [5.41, 5.74) is 0.221. The first-order valence-corrected chi connectivity index (χ1v) is 10.8. The molecule has 0 aromatic heterocycles. The van der Waals surface area contributed by atoms with Gasteiger partial charge in [-0.3, -0.25) is 9.69 Å². The van der Waals surface area contributed by atoms with E-state index in [0.717, 1.165) is 56.4 Å². The molecule has 1 unspecified atom stereocenters. The van der Waals surface area contributed by atoms with Crippen molar-refractivity contribution in [1.82, 2.24) is 4.90 Å². The van der Waals surface area contributed by atoms with E-state index in [0.29, 0.717) is 18.8 Å². The SMILES string of the molecule is CN(C(=O)O)c1ccc(N2CCCC3(CCN(C4CCC(O)CC4)C3=O)C2)c(F)c1. The number of carbonyl (C=O) groups excluding carboxylic acids is 1. The van der Waals surface area contributed by atoms with E-state index in [2.05, 4.69) is 0 Å². The Labute approximate surface area is 176 Å². The number of likely N-dealkylation sites (tertiary alicyclic amines) is 1. The summed E-state index contributed by atoms with van der Waals surface area (Å²) in [4.78, 5) is 29.5. The number of nitrogens with zero attached hydrogens (tertiary/aromatic N) is 3. The van der Waals surface area contributed by atoms with Crippen LogP contribution in [0.25, 0.3) is 0 Å². The molecule has 2 saturated heterocycles. The van der Waals surface area contributed by atoms with E-state index in [1.165, 1.54) is 13.1 Å². The minimum absolute atomic E-state index is 0.177. The predicted molar refractivity (Wildman–Crippen MR) is 111 cm³/mol. The van der Waals surface area contributed by atoms with Gasteiger partial charge in [-0.15, -0.1) is 0 Å². The standard InChI is InChI=1S/C22H30FN3O4/c1-24(21(29)30)16-5-8-19(18(23)13-16)25-11-2-9-22(14-25)10-12-26(20(22)28)15-3-6-17(27)7-4-15/h5,8,13,15,17,27H,2-4,6-7,9-12,14H2,1H3,(H,29,30). The molecule has 1 saturated carbocycles. The molecule has 2 N–H and O–H groups in total. The van der Waals surface area contributed by atoms with Gasteiger partial charge in [-0.2, -0.15) is 0 Å². The Balaban J connectivity index is 1.49. The Kier molecular flexibility index (Phi) is 5.61. The Morgan fingerprint density at radius 2 is 1.93 bits per heavy atom. The lowest BCUT2D eigenvalue weighted by Crippen LogP contribution is -2.50. The van der Waals surface area contributed by atoms with Crippen LogP contribution in [0, 0.1) is 11.2 Å². The highest BCUT2D eigenvalue weighted by Gasteiger charge is 2.50. The topological polar surface area (TPSA) is 84.3 Å². The fourth-order valence-corrected chi connectivity index (χ4v) is 5.35. The number of carbonyl (C=O) groups is 2. The summed E-state index contributed by atoms with van der Waals surface area (Å²) in [6, 6.07) is 4.66. The lowest BCUT2D eigenvalue weighted by Gasteiger charge is -2.41. The number of carboxylic acid groups (broad SMARTS) is 1. The summed E-state index contributed by atoms with van der Waals surface area (Å²) in [5, 5.41) is 18.9. The molecule has 1 atom stereocenters. The van der Waals surface area contributed by atoms with E-state index >= 15 is 0 Å². The Morgan fingerprint density at radius 1 is 1.20 bits per heavy atom. The summed E-state index contributed by atoms with van der Waals surface area (Å²) < 4.78 is 14.9. The van der Waals surface area contributed by atoms with Crippen LogP contribution < -0.4 is 9.80 Å². The van der Waals surface area contributed by atoms with Crippen LogP contribution in [-0.2, 0) is 4.79 Å². The van der Waals surface area contributed by atoms with E-state index in [4.69, 9.17) is 5.11 Å². The molecule has 1 aliphatic carbocycles. The smallest absolute Gasteiger partial charge is 0.411 e. The number of aliphatic hydroxyl groups excluding tert-OH is 1. The van der Waals surface area contributed by atoms with Crippen LogP contribution in [0.15, 0.2) is 18.2 Å². The van der Waals surface area contributed by atoms with E-state index < -0.39 is 17.3 Å². The molecule has 2 amide bonds. The van der Waals surface area contributed by atoms with Gasteiger partial charge in [0.2, 0.25) is 5.91 Å². The lowest BCUT2D eigenvalue weighted by molar-refractivity contribution is -0.139. The van der Waals surface area contributed by atoms with Gasteiger partial charge < -0.3 is 20.0 Å². The number of hydrogen-bond donors (Lipinski definition) is 2. The van der Waals surface area contributed by atoms with Gasteiger partial charge in [0.1, 0.15) is 5.82 Å². The number of rotatable bonds is 3. The van der Waals surface area contributed by atoms with Crippen molar-refractivity contribution in [1.29, 1.82) is 0 Å². The zero-order chi connectivity index (χ0) is 21.5. The Bertz CT molecular complexity index is 827. The maximum atomic E-state index is 14.9. The zero-order valence-corrected chi connectivity index (χ0v) is 17.4. The molecule has 30 heavy (non-hydrogen) atoms. The molecule has 0 bridgehead atoms. The molecule has 7 nitrogen and oxygen atoms in total. The molecule has 0 radical (unpaired) electrons. The number of benzene rings is 1. The lowest BCUT2D eigenvalue weighted by atomic mass is 9.78. The second-order valence-corrected chi connectivity index (χ2v) is 8.99. The van der Waals surface area contributed by atoms with Crippen molar-refractivity contribution in [2.75, 3.05) is 36.5 Å². The normalized spacial score (nSPS) is 29.5. The number of anilines is 2. The molecule has 2 heterocycles. The van der Waals surface area contributed by atoms with Crippen molar-refractivity contribution in [3.8, 4) is 0 Å². The minimum Gasteiger partial charge on any atom is -0.465 e. The van der Waals surface area contributed by atoms with Crippen LogP contribution >= 0.6 is 0 Å². The number of halogens is 1. The molecule has 8 heteroatoms. The van der Waals surface area contributed by atoms with Gasteiger partial charge >= 0.3 is 6.09 Å². The van der Waals surface area contributed by atoms with Gasteiger partial charge in [-0.1, -0.05) is 0 Å². The average molecular weight is 419 g/mol. The molecular formula is C22H30FN3O4. The molecular weight excluding hydrogens is 389 g/mol. The number of aliphatic hydroxyl groups is 1. The van der Waals surface area contributed by atoms with E-state index in [9.17, 15) is 19.1 Å². The minimum atomic E-state index is -1.15. The van der Waals surface area contributed by atoms with Crippen molar-refractivity contribution in [2.45, 2.75) is 57.1 Å². The highest BCUT2D eigenvalue weighted by molar-refractivity contribution is 5.87. The van der Waals surface area contributed by atoms with E-state index in [1.54, 1.807) is 12.1 Å². The van der Waals surface area contributed by atoms with Crippen LogP contribution in [0.2, 0.25) is 0 Å². The second-order valence-electron chi connectivity index (χ2n) is 8.99. The highest BCUT2D eigenvalue weighted by Crippen LogP contribution is 2.44. The maximum Gasteiger partial charge on any atom is 0.411 e. The zero-order valence-electron chi connectivity index (χ0n) is 17.4. The van der Waals surface area contributed by atoms with Gasteiger partial charge in [0.05, 0.1) is 17.2 Å². The predicted octanol–water partition coefficient (Wildman–Crippen LogP) is 3.06. The fraction of sp³-hybridized carbons (Fsp3) is 0.636. The second kappa shape index (κ2) is 8.06. The first kappa shape index (κ1) is 20.9. The highest BCUT2D eigenvalue weighted by atomic mass is 19.1. The molecule has 164 valence electrons. The van der Waals surface area contributed by atoms with Crippen molar-refractivity contribution in [3.63, 3.8) is 0 Å². The van der Waals surface area contributed by atoms with Crippen LogP contribution in [0.3, 0.4) is 0 Å². The number of amides is 2. The van der Waals surface area contributed by atoms with E-state index in [1.807, 2.05) is 9.80 Å². The molecule has 3 fully saturated rings. The summed E-state index contributed by atoms with van der Waals surface area (Å²) in [7, 11) is 1.38. The first-order chi connectivity index (χ1) is 14.3. The van der Waals surface area contributed by atoms with Crippen molar-refractivity contribution < 1.29 is 24.2 Å².